The van der Waals surface area contributed by atoms with Gasteiger partial charge in [0, 0.05) is 11.4 Å². The van der Waals surface area contributed by atoms with Gasteiger partial charge in [0.1, 0.15) is 5.75 Å². The van der Waals surface area contributed by atoms with E-state index in [1.807, 2.05) is 0 Å². The summed E-state index contributed by atoms with van der Waals surface area (Å²) in [5.41, 5.74) is 0.621. The van der Waals surface area contributed by atoms with E-state index in [2.05, 4.69) is 0 Å². The van der Waals surface area contributed by atoms with E-state index in [9.17, 15) is 13.2 Å². The largest absolute Gasteiger partial charge is 0.298 e. The molecule has 1 rings (SSSR count). The van der Waals surface area contributed by atoms with Crippen LogP contribution in [0.15, 0.2) is 24.3 Å². The molecule has 0 saturated carbocycles. The third kappa shape index (κ3) is 4.92. The van der Waals surface area contributed by atoms with Crippen LogP contribution in [0.3, 0.4) is 0 Å². The summed E-state index contributed by atoms with van der Waals surface area (Å²) in [4.78, 5) is 11.2. The van der Waals surface area contributed by atoms with Crippen molar-refractivity contribution in [2.45, 2.75) is 6.42 Å². The molecule has 6 heteroatoms. The van der Waals surface area contributed by atoms with E-state index in [4.69, 9.17) is 16.2 Å². The molecule has 0 aliphatic rings. The highest BCUT2D eigenvalue weighted by molar-refractivity contribution is 7.86. The Kier molecular flexibility index (Phi) is 3.84. The van der Waals surface area contributed by atoms with E-state index < -0.39 is 21.7 Å². The Bertz CT molecular complexity index is 467. The van der Waals surface area contributed by atoms with E-state index in [0.29, 0.717) is 10.6 Å². The third-order valence-corrected chi connectivity index (χ3v) is 2.56. The second-order valence-corrected chi connectivity index (χ2v) is 4.96. The first-order valence-electron chi connectivity index (χ1n) is 4.08. The maximum absolute atomic E-state index is 11.2. The molecule has 15 heavy (non-hydrogen) atoms. The van der Waals surface area contributed by atoms with Crippen molar-refractivity contribution < 1.29 is 17.8 Å². The van der Waals surface area contributed by atoms with Gasteiger partial charge in [0.2, 0.25) is 0 Å². The molecule has 0 bridgehead atoms. The van der Waals surface area contributed by atoms with Gasteiger partial charge < -0.3 is 0 Å². The maximum atomic E-state index is 11.2. The van der Waals surface area contributed by atoms with Crippen LogP contribution >= 0.6 is 11.6 Å². The van der Waals surface area contributed by atoms with Crippen LogP contribution in [0.25, 0.3) is 0 Å². The van der Waals surface area contributed by atoms with E-state index in [-0.39, 0.29) is 6.42 Å². The van der Waals surface area contributed by atoms with Gasteiger partial charge in [0.05, 0.1) is 0 Å². The van der Waals surface area contributed by atoms with Gasteiger partial charge in [-0.25, -0.2) is 0 Å². The molecule has 4 nitrogen and oxygen atoms in total. The Labute approximate surface area is 92.6 Å². The zero-order valence-electron chi connectivity index (χ0n) is 7.68. The molecule has 0 saturated heterocycles. The topological polar surface area (TPSA) is 71.4 Å². The Morgan fingerprint density at radius 2 is 2.07 bits per heavy atom. The Hall–Kier alpha value is -0.910. The fourth-order valence-corrected chi connectivity index (χ4v) is 1.85. The SMILES string of the molecule is O=C(Cc1cccc(Cl)c1)CS(=O)(=O)O. The van der Waals surface area contributed by atoms with Crippen molar-refractivity contribution >= 4 is 27.5 Å². The van der Waals surface area contributed by atoms with Gasteiger partial charge in [-0.3, -0.25) is 9.35 Å². The monoisotopic (exact) mass is 248 g/mol. The molecule has 1 N–H and O–H groups in total. The molecule has 82 valence electrons. The van der Waals surface area contributed by atoms with Crippen LogP contribution in [0.5, 0.6) is 0 Å². The molecule has 0 heterocycles. The molecule has 1 aromatic carbocycles. The predicted molar refractivity (Wildman–Crippen MR) is 56.6 cm³/mol. The first-order valence-corrected chi connectivity index (χ1v) is 6.07. The minimum Gasteiger partial charge on any atom is -0.298 e. The zero-order valence-corrected chi connectivity index (χ0v) is 9.25. The van der Waals surface area contributed by atoms with Crippen molar-refractivity contribution in [2.75, 3.05) is 5.75 Å². The zero-order chi connectivity index (χ0) is 11.5. The number of halogens is 1. The summed E-state index contributed by atoms with van der Waals surface area (Å²) in [6.45, 7) is 0. The van der Waals surface area contributed by atoms with Crippen molar-refractivity contribution in [3.8, 4) is 0 Å². The van der Waals surface area contributed by atoms with Gasteiger partial charge >= 0.3 is 0 Å². The number of benzene rings is 1. The predicted octanol–water partition coefficient (Wildman–Crippen LogP) is 1.34. The van der Waals surface area contributed by atoms with E-state index >= 15 is 0 Å². The fraction of sp³-hybridized carbons (Fsp3) is 0.222. The van der Waals surface area contributed by atoms with E-state index in [1.54, 1.807) is 24.3 Å². The molecule has 0 aliphatic heterocycles. The van der Waals surface area contributed by atoms with Crippen molar-refractivity contribution in [2.24, 2.45) is 0 Å². The summed E-state index contributed by atoms with van der Waals surface area (Å²) in [6.07, 6.45) is -0.0552. The second-order valence-electron chi connectivity index (χ2n) is 3.07. The molecule has 0 fully saturated rings. The molecular formula is C9H9ClO4S. The summed E-state index contributed by atoms with van der Waals surface area (Å²) < 4.78 is 29.3. The van der Waals surface area contributed by atoms with Crippen LogP contribution in [-0.4, -0.2) is 24.5 Å². The maximum Gasteiger partial charge on any atom is 0.272 e. The van der Waals surface area contributed by atoms with E-state index in [0.717, 1.165) is 0 Å². The molecule has 0 unspecified atom stereocenters. The molecule has 0 radical (unpaired) electrons. The van der Waals surface area contributed by atoms with E-state index in [1.165, 1.54) is 0 Å². The van der Waals surface area contributed by atoms with Crippen molar-refractivity contribution in [3.05, 3.63) is 34.9 Å². The normalized spacial score (nSPS) is 11.3. The number of Topliss-reactive ketones (excluding diaryl/α,β-unsaturated/α-hetero) is 1. The number of ketones is 1. The molecule has 0 amide bonds. The number of carbonyl (C=O) groups excluding carboxylic acids is 1. The summed E-state index contributed by atoms with van der Waals surface area (Å²) in [5.74, 6) is -1.43. The summed E-state index contributed by atoms with van der Waals surface area (Å²) in [5, 5.41) is 0.479. The lowest BCUT2D eigenvalue weighted by molar-refractivity contribution is -0.116. The molecule has 1 aromatic rings. The minimum atomic E-state index is -4.24. The van der Waals surface area contributed by atoms with Crippen molar-refractivity contribution in [1.82, 2.24) is 0 Å². The quantitative estimate of drug-likeness (QED) is 0.817. The number of hydrogen-bond acceptors (Lipinski definition) is 3. The fourth-order valence-electron chi connectivity index (χ4n) is 1.13. The smallest absolute Gasteiger partial charge is 0.272 e. The average molecular weight is 249 g/mol. The summed E-state index contributed by atoms with van der Waals surface area (Å²) in [6, 6.07) is 6.55. The van der Waals surface area contributed by atoms with Crippen LogP contribution in [0, 0.1) is 0 Å². The molecule has 0 atom stereocenters. The first kappa shape index (κ1) is 12.2. The van der Waals surface area contributed by atoms with Crippen LogP contribution < -0.4 is 0 Å². The van der Waals surface area contributed by atoms with Gasteiger partial charge in [-0.2, -0.15) is 8.42 Å². The third-order valence-electron chi connectivity index (χ3n) is 1.63. The van der Waals surface area contributed by atoms with Crippen molar-refractivity contribution in [3.63, 3.8) is 0 Å². The highest BCUT2D eigenvalue weighted by Crippen LogP contribution is 2.11. The van der Waals surface area contributed by atoms with Crippen LogP contribution in [0.4, 0.5) is 0 Å². The minimum absolute atomic E-state index is 0.0552. The molecular weight excluding hydrogens is 240 g/mol. The van der Waals surface area contributed by atoms with Crippen molar-refractivity contribution in [1.29, 1.82) is 0 Å². The van der Waals surface area contributed by atoms with Gasteiger partial charge in [-0.1, -0.05) is 23.7 Å². The Morgan fingerprint density at radius 1 is 1.40 bits per heavy atom. The van der Waals surface area contributed by atoms with Gasteiger partial charge in [0.15, 0.2) is 5.78 Å². The van der Waals surface area contributed by atoms with Gasteiger partial charge in [-0.05, 0) is 17.7 Å². The summed E-state index contributed by atoms with van der Waals surface area (Å²) in [7, 11) is -4.24. The highest BCUT2D eigenvalue weighted by atomic mass is 35.5. The lowest BCUT2D eigenvalue weighted by Gasteiger charge is -2.00. The van der Waals surface area contributed by atoms with Gasteiger partial charge in [0.25, 0.3) is 10.1 Å². The lowest BCUT2D eigenvalue weighted by Crippen LogP contribution is -2.16. The first-order chi connectivity index (χ1) is 6.87. The molecule has 0 aliphatic carbocycles. The number of hydrogen-bond donors (Lipinski definition) is 1. The highest BCUT2D eigenvalue weighted by Gasteiger charge is 2.13. The molecule has 0 spiro atoms. The Morgan fingerprint density at radius 3 is 2.60 bits per heavy atom. The number of carbonyl (C=O) groups is 1. The Balaban J connectivity index is 2.67. The van der Waals surface area contributed by atoms with Crippen LogP contribution in [0.1, 0.15) is 5.56 Å². The summed E-state index contributed by atoms with van der Waals surface area (Å²) >= 11 is 5.68. The number of rotatable bonds is 4. The standard InChI is InChI=1S/C9H9ClO4S/c10-8-3-1-2-7(4-8)5-9(11)6-15(12,13)14/h1-4H,5-6H2,(H,12,13,14). The van der Waals surface area contributed by atoms with Crippen LogP contribution in [0.2, 0.25) is 5.02 Å². The lowest BCUT2D eigenvalue weighted by atomic mass is 10.1. The molecule has 0 aromatic heterocycles. The second kappa shape index (κ2) is 4.74. The van der Waals surface area contributed by atoms with Crippen LogP contribution in [-0.2, 0) is 21.3 Å². The van der Waals surface area contributed by atoms with Gasteiger partial charge in [-0.15, -0.1) is 0 Å². The average Bonchev–Trinajstić information content (AvgIpc) is 1.99.